The van der Waals surface area contributed by atoms with Crippen molar-refractivity contribution in [2.75, 3.05) is 6.54 Å². The largest absolute Gasteiger partial charge is 0.356 e. The van der Waals surface area contributed by atoms with Gasteiger partial charge in [0, 0.05) is 32.1 Å². The van der Waals surface area contributed by atoms with Gasteiger partial charge in [-0.25, -0.2) is 4.98 Å². The first-order chi connectivity index (χ1) is 11.5. The van der Waals surface area contributed by atoms with Crippen LogP contribution < -0.4 is 5.32 Å². The predicted octanol–water partition coefficient (Wildman–Crippen LogP) is 2.94. The molecule has 0 saturated heterocycles. The molecule has 0 radical (unpaired) electrons. The number of fused-ring (bicyclic) bond motifs is 1. The van der Waals surface area contributed by atoms with Gasteiger partial charge in [-0.05, 0) is 38.0 Å². The third-order valence-electron chi connectivity index (χ3n) is 4.26. The van der Waals surface area contributed by atoms with Crippen LogP contribution in [0.4, 0.5) is 0 Å². The Bertz CT molecular complexity index is 832. The van der Waals surface area contributed by atoms with Crippen LogP contribution in [0, 0.1) is 13.8 Å². The second-order valence-corrected chi connectivity index (χ2v) is 7.06. The van der Waals surface area contributed by atoms with Crippen molar-refractivity contribution in [1.29, 1.82) is 0 Å². The first-order valence-electron chi connectivity index (χ1n) is 8.15. The van der Waals surface area contributed by atoms with Crippen molar-refractivity contribution in [2.45, 2.75) is 33.1 Å². The van der Waals surface area contributed by atoms with Gasteiger partial charge in [0.2, 0.25) is 5.91 Å². The fourth-order valence-electron chi connectivity index (χ4n) is 2.84. The minimum Gasteiger partial charge on any atom is -0.356 e. The van der Waals surface area contributed by atoms with Crippen LogP contribution in [0.1, 0.15) is 28.4 Å². The van der Waals surface area contributed by atoms with Gasteiger partial charge in [0.05, 0.1) is 20.9 Å². The lowest BCUT2D eigenvalue weighted by Crippen LogP contribution is -2.25. The monoisotopic (exact) mass is 342 g/mol. The van der Waals surface area contributed by atoms with E-state index in [9.17, 15) is 4.79 Å². The van der Waals surface area contributed by atoms with Gasteiger partial charge in [-0.2, -0.15) is 5.10 Å². The molecule has 24 heavy (non-hydrogen) atoms. The number of aromatic nitrogens is 3. The van der Waals surface area contributed by atoms with Crippen LogP contribution in [-0.2, 0) is 24.7 Å². The highest BCUT2D eigenvalue weighted by molar-refractivity contribution is 7.18. The molecular weight excluding hydrogens is 320 g/mol. The quantitative estimate of drug-likeness (QED) is 0.749. The van der Waals surface area contributed by atoms with Gasteiger partial charge in [0.1, 0.15) is 0 Å². The molecule has 0 spiro atoms. The minimum atomic E-state index is 0.0822. The average Bonchev–Trinajstić information content (AvgIpc) is 3.07. The second-order valence-electron chi connectivity index (χ2n) is 5.95. The molecule has 0 unspecified atom stereocenters. The summed E-state index contributed by atoms with van der Waals surface area (Å²) in [5.74, 6) is 0.0822. The van der Waals surface area contributed by atoms with Gasteiger partial charge in [0.15, 0.2) is 0 Å². The number of nitrogens with one attached hydrogen (secondary N) is 1. The smallest absolute Gasteiger partial charge is 0.220 e. The summed E-state index contributed by atoms with van der Waals surface area (Å²) < 4.78 is 3.07. The molecule has 5 nitrogen and oxygen atoms in total. The molecule has 2 aromatic heterocycles. The summed E-state index contributed by atoms with van der Waals surface area (Å²) in [4.78, 5) is 16.6. The Morgan fingerprint density at radius 3 is 2.75 bits per heavy atom. The van der Waals surface area contributed by atoms with Crippen molar-refractivity contribution in [1.82, 2.24) is 20.1 Å². The molecule has 0 saturated carbocycles. The Morgan fingerprint density at radius 1 is 1.25 bits per heavy atom. The number of para-hydroxylation sites is 1. The van der Waals surface area contributed by atoms with Crippen molar-refractivity contribution in [2.24, 2.45) is 7.05 Å². The van der Waals surface area contributed by atoms with Gasteiger partial charge >= 0.3 is 0 Å². The topological polar surface area (TPSA) is 59.8 Å². The number of aryl methyl sites for hydroxylation is 2. The number of hydrogen-bond acceptors (Lipinski definition) is 4. The molecule has 2 heterocycles. The standard InChI is InChI=1S/C18H22N4OS/c1-12-14(13(2)22(3)21-12)8-9-17(23)19-11-10-18-20-15-6-4-5-7-16(15)24-18/h4-7H,8-11H2,1-3H3,(H,19,23). The average molecular weight is 342 g/mol. The van der Waals surface area contributed by atoms with Crippen LogP contribution in [0.15, 0.2) is 24.3 Å². The Hall–Kier alpha value is -2.21. The van der Waals surface area contributed by atoms with Gasteiger partial charge in [-0.3, -0.25) is 9.48 Å². The number of thiazole rings is 1. The highest BCUT2D eigenvalue weighted by Gasteiger charge is 2.11. The molecule has 3 aromatic rings. The number of carbonyl (C=O) groups is 1. The molecule has 0 aliphatic carbocycles. The number of carbonyl (C=O) groups excluding carboxylic acids is 1. The molecule has 0 atom stereocenters. The van der Waals surface area contributed by atoms with E-state index in [2.05, 4.69) is 21.5 Å². The minimum absolute atomic E-state index is 0.0822. The van der Waals surface area contributed by atoms with Crippen LogP contribution in [0.25, 0.3) is 10.2 Å². The summed E-state index contributed by atoms with van der Waals surface area (Å²) in [7, 11) is 1.93. The van der Waals surface area contributed by atoms with Crippen LogP contribution in [0.3, 0.4) is 0 Å². The summed E-state index contributed by atoms with van der Waals surface area (Å²) in [6.45, 7) is 4.66. The maximum atomic E-state index is 12.1. The van der Waals surface area contributed by atoms with E-state index in [1.54, 1.807) is 11.3 Å². The van der Waals surface area contributed by atoms with E-state index in [1.807, 2.05) is 43.8 Å². The Kier molecular flexibility index (Phi) is 4.94. The molecule has 3 rings (SSSR count). The summed E-state index contributed by atoms with van der Waals surface area (Å²) in [5.41, 5.74) is 4.36. The first-order valence-corrected chi connectivity index (χ1v) is 8.96. The zero-order valence-electron chi connectivity index (χ0n) is 14.3. The summed E-state index contributed by atoms with van der Waals surface area (Å²) in [5, 5.41) is 8.45. The van der Waals surface area contributed by atoms with Crippen LogP contribution in [0.2, 0.25) is 0 Å². The number of benzene rings is 1. The fourth-order valence-corrected chi connectivity index (χ4v) is 3.81. The van der Waals surface area contributed by atoms with E-state index in [0.717, 1.165) is 34.8 Å². The van der Waals surface area contributed by atoms with Crippen LogP contribution in [-0.4, -0.2) is 27.2 Å². The lowest BCUT2D eigenvalue weighted by Gasteiger charge is -2.04. The van der Waals surface area contributed by atoms with Crippen LogP contribution in [0.5, 0.6) is 0 Å². The molecule has 0 aliphatic rings. The zero-order valence-corrected chi connectivity index (χ0v) is 15.1. The van der Waals surface area contributed by atoms with Gasteiger partial charge in [-0.15, -0.1) is 11.3 Å². The Labute approximate surface area is 145 Å². The highest BCUT2D eigenvalue weighted by Crippen LogP contribution is 2.21. The predicted molar refractivity (Wildman–Crippen MR) is 97.3 cm³/mol. The van der Waals surface area contributed by atoms with Gasteiger partial charge in [-0.1, -0.05) is 12.1 Å². The van der Waals surface area contributed by atoms with E-state index in [1.165, 1.54) is 10.3 Å². The van der Waals surface area contributed by atoms with Crippen molar-refractivity contribution in [3.8, 4) is 0 Å². The Balaban J connectivity index is 1.47. The Morgan fingerprint density at radius 2 is 2.04 bits per heavy atom. The van der Waals surface area contributed by atoms with E-state index in [0.29, 0.717) is 13.0 Å². The van der Waals surface area contributed by atoms with E-state index < -0.39 is 0 Å². The third-order valence-corrected chi connectivity index (χ3v) is 5.36. The highest BCUT2D eigenvalue weighted by atomic mass is 32.1. The van der Waals surface area contributed by atoms with Crippen molar-refractivity contribution in [3.05, 3.63) is 46.2 Å². The molecule has 1 N–H and O–H groups in total. The normalized spacial score (nSPS) is 11.1. The number of nitrogens with zero attached hydrogens (tertiary/aromatic N) is 3. The van der Waals surface area contributed by atoms with Crippen molar-refractivity contribution in [3.63, 3.8) is 0 Å². The number of rotatable bonds is 6. The van der Waals surface area contributed by atoms with Gasteiger partial charge < -0.3 is 5.32 Å². The maximum Gasteiger partial charge on any atom is 0.220 e. The van der Waals surface area contributed by atoms with E-state index in [4.69, 9.17) is 0 Å². The number of amides is 1. The van der Waals surface area contributed by atoms with Gasteiger partial charge in [0.25, 0.3) is 0 Å². The lowest BCUT2D eigenvalue weighted by molar-refractivity contribution is -0.121. The summed E-state index contributed by atoms with van der Waals surface area (Å²) >= 11 is 1.69. The summed E-state index contributed by atoms with van der Waals surface area (Å²) in [6, 6.07) is 8.12. The first kappa shape index (κ1) is 16.6. The molecule has 0 fully saturated rings. The van der Waals surface area contributed by atoms with E-state index >= 15 is 0 Å². The number of hydrogen-bond donors (Lipinski definition) is 1. The van der Waals surface area contributed by atoms with Crippen LogP contribution >= 0.6 is 11.3 Å². The SMILES string of the molecule is Cc1nn(C)c(C)c1CCC(=O)NCCc1nc2ccccc2s1. The maximum absolute atomic E-state index is 12.1. The molecule has 1 aromatic carbocycles. The van der Waals surface area contributed by atoms with Crippen molar-refractivity contribution < 1.29 is 4.79 Å². The zero-order chi connectivity index (χ0) is 17.1. The summed E-state index contributed by atoms with van der Waals surface area (Å²) in [6.07, 6.45) is 2.00. The molecule has 0 bridgehead atoms. The third kappa shape index (κ3) is 3.64. The molecule has 126 valence electrons. The molecule has 0 aliphatic heterocycles. The van der Waals surface area contributed by atoms with E-state index in [-0.39, 0.29) is 5.91 Å². The molecule has 6 heteroatoms. The molecule has 1 amide bonds. The van der Waals surface area contributed by atoms with Crippen molar-refractivity contribution >= 4 is 27.5 Å². The molecular formula is C18H22N4OS. The second kappa shape index (κ2) is 7.13. The fraction of sp³-hybridized carbons (Fsp3) is 0.389. The lowest BCUT2D eigenvalue weighted by atomic mass is 10.1.